The molecule has 164 valence electrons. The zero-order valence-corrected chi connectivity index (χ0v) is 18.3. The summed E-state index contributed by atoms with van der Waals surface area (Å²) in [4.78, 5) is 12.1. The van der Waals surface area contributed by atoms with E-state index in [1.165, 1.54) is 32.2 Å². The second kappa shape index (κ2) is 7.41. The first-order chi connectivity index (χ1) is 14.5. The fourth-order valence-electron chi connectivity index (χ4n) is 4.58. The Labute approximate surface area is 183 Å². The van der Waals surface area contributed by atoms with Gasteiger partial charge in [-0.2, -0.15) is 0 Å². The van der Waals surface area contributed by atoms with Crippen molar-refractivity contribution in [2.24, 2.45) is 4.99 Å². The number of aromatic nitrogens is 2. The Hall–Kier alpha value is -2.26. The summed E-state index contributed by atoms with van der Waals surface area (Å²) < 4.78 is 68.0. The molecule has 4 rings (SSSR count). The van der Waals surface area contributed by atoms with Gasteiger partial charge in [0.25, 0.3) is 0 Å². The molecule has 0 aliphatic carbocycles. The zero-order chi connectivity index (χ0) is 22.6. The van der Waals surface area contributed by atoms with E-state index in [9.17, 15) is 21.6 Å². The Morgan fingerprint density at radius 1 is 1.32 bits per heavy atom. The largest absolute Gasteiger partial charge is 0.280 e. The van der Waals surface area contributed by atoms with Gasteiger partial charge in [0.1, 0.15) is 33.6 Å². The van der Waals surface area contributed by atoms with E-state index in [2.05, 4.69) is 15.0 Å². The number of alkyl halides is 1. The van der Waals surface area contributed by atoms with Crippen LogP contribution in [-0.4, -0.2) is 40.8 Å². The van der Waals surface area contributed by atoms with E-state index in [1.54, 1.807) is 0 Å². The first-order valence-corrected chi connectivity index (χ1v) is 11.5. The molecule has 0 amide bonds. The van der Waals surface area contributed by atoms with Crippen molar-refractivity contribution in [1.29, 1.82) is 0 Å². The number of halogens is 4. The van der Waals surface area contributed by atoms with Crippen LogP contribution in [0.2, 0.25) is 5.15 Å². The first kappa shape index (κ1) is 22.0. The van der Waals surface area contributed by atoms with Gasteiger partial charge in [0.05, 0.1) is 17.6 Å². The molecule has 1 aromatic heterocycles. The summed E-state index contributed by atoms with van der Waals surface area (Å²) in [6.45, 7) is 1.94. The normalized spacial score (nSPS) is 29.7. The Bertz CT molecular complexity index is 1220. The lowest BCUT2D eigenvalue weighted by Crippen LogP contribution is -2.55. The van der Waals surface area contributed by atoms with Crippen molar-refractivity contribution >= 4 is 39.1 Å². The lowest BCUT2D eigenvalue weighted by molar-refractivity contribution is 0.415. The average Bonchev–Trinajstić information content (AvgIpc) is 2.93. The van der Waals surface area contributed by atoms with Crippen LogP contribution < -0.4 is 0 Å². The van der Waals surface area contributed by atoms with Crippen LogP contribution in [0, 0.1) is 5.82 Å². The minimum Gasteiger partial charge on any atom is -0.280 e. The molecular formula is C21H19ClF3N3O2S. The number of fused-ring (bicyclic) bond motifs is 2. The maximum Gasteiger partial charge on any atom is 0.169 e. The van der Waals surface area contributed by atoms with Crippen molar-refractivity contribution in [3.05, 3.63) is 58.4 Å². The maximum absolute atomic E-state index is 14.9. The van der Waals surface area contributed by atoms with Crippen molar-refractivity contribution in [2.75, 3.05) is 6.67 Å². The van der Waals surface area contributed by atoms with E-state index in [0.29, 0.717) is 0 Å². The molecule has 2 bridgehead atoms. The summed E-state index contributed by atoms with van der Waals surface area (Å²) >= 11 is 5.66. The molecule has 0 N–H and O–H groups in total. The highest BCUT2D eigenvalue weighted by Gasteiger charge is 2.64. The third kappa shape index (κ3) is 3.20. The van der Waals surface area contributed by atoms with Crippen LogP contribution in [0.3, 0.4) is 0 Å². The van der Waals surface area contributed by atoms with Crippen LogP contribution in [0.25, 0.3) is 11.9 Å². The molecule has 2 aliphatic heterocycles. The van der Waals surface area contributed by atoms with E-state index in [0.717, 1.165) is 18.3 Å². The Kier molecular flexibility index (Phi) is 5.25. The van der Waals surface area contributed by atoms with E-state index in [-0.39, 0.29) is 40.5 Å². The second-order valence-electron chi connectivity index (χ2n) is 8.00. The topological polar surface area (TPSA) is 72.3 Å². The van der Waals surface area contributed by atoms with E-state index < -0.39 is 43.7 Å². The lowest BCUT2D eigenvalue weighted by Gasteiger charge is -2.40. The van der Waals surface area contributed by atoms with E-state index in [4.69, 9.17) is 11.6 Å². The van der Waals surface area contributed by atoms with Crippen LogP contribution >= 0.6 is 11.6 Å². The van der Waals surface area contributed by atoms with E-state index in [1.807, 2.05) is 0 Å². The highest BCUT2D eigenvalue weighted by molar-refractivity contribution is 7.94. The molecule has 1 aromatic carbocycles. The van der Waals surface area contributed by atoms with Crippen molar-refractivity contribution in [1.82, 2.24) is 9.97 Å². The third-order valence-corrected chi connectivity index (χ3v) is 9.66. The predicted molar refractivity (Wildman–Crippen MR) is 114 cm³/mol. The molecule has 3 atom stereocenters. The molecule has 0 saturated carbocycles. The fourth-order valence-corrected chi connectivity index (χ4v) is 7.44. The van der Waals surface area contributed by atoms with Crippen molar-refractivity contribution in [3.8, 4) is 0 Å². The quantitative estimate of drug-likeness (QED) is 0.650. The van der Waals surface area contributed by atoms with Gasteiger partial charge in [-0.25, -0.2) is 31.6 Å². The third-order valence-electron chi connectivity index (χ3n) is 6.33. The van der Waals surface area contributed by atoms with Gasteiger partial charge in [-0.3, -0.25) is 4.99 Å². The molecule has 0 radical (unpaired) electrons. The predicted octanol–water partition coefficient (Wildman–Crippen LogP) is 4.71. The van der Waals surface area contributed by atoms with Crippen LogP contribution in [0.15, 0.2) is 35.6 Å². The molecule has 0 spiro atoms. The Balaban J connectivity index is 1.82. The van der Waals surface area contributed by atoms with Crippen molar-refractivity contribution in [3.63, 3.8) is 0 Å². The summed E-state index contributed by atoms with van der Waals surface area (Å²) in [6.07, 6.45) is 3.77. The van der Waals surface area contributed by atoms with Gasteiger partial charge in [0.15, 0.2) is 15.7 Å². The smallest absolute Gasteiger partial charge is 0.169 e. The highest BCUT2D eigenvalue weighted by atomic mass is 35.5. The molecule has 10 heteroatoms. The van der Waals surface area contributed by atoms with Gasteiger partial charge in [0, 0.05) is 11.3 Å². The molecule has 1 saturated heterocycles. The SMILES string of the molecule is CC1=N[C@](C)(c2cc(/C=C(\F)c3cnc(Cl)cn3)ccc2F)[C@@H]2CC[C@@]1(CF)S2(=O)=O. The Morgan fingerprint density at radius 2 is 2.06 bits per heavy atom. The van der Waals surface area contributed by atoms with Gasteiger partial charge in [-0.05, 0) is 50.5 Å². The molecule has 1 fully saturated rings. The number of hydrogen-bond donors (Lipinski definition) is 0. The number of hydrogen-bond acceptors (Lipinski definition) is 5. The Morgan fingerprint density at radius 3 is 2.71 bits per heavy atom. The summed E-state index contributed by atoms with van der Waals surface area (Å²) in [5.41, 5.74) is -1.08. The molecule has 2 aromatic rings. The first-order valence-electron chi connectivity index (χ1n) is 9.56. The fraction of sp³-hybridized carbons (Fsp3) is 0.381. The number of aliphatic imine (C=N–C) groups is 1. The van der Waals surface area contributed by atoms with E-state index >= 15 is 0 Å². The molecule has 3 heterocycles. The molecule has 2 aliphatic rings. The summed E-state index contributed by atoms with van der Waals surface area (Å²) in [5, 5.41) is -0.957. The molecular weight excluding hydrogens is 451 g/mol. The van der Waals surface area contributed by atoms with Gasteiger partial charge in [0.2, 0.25) is 0 Å². The highest BCUT2D eigenvalue weighted by Crippen LogP contribution is 2.52. The summed E-state index contributed by atoms with van der Waals surface area (Å²) in [6, 6.07) is 3.86. The number of sulfone groups is 1. The van der Waals surface area contributed by atoms with Gasteiger partial charge >= 0.3 is 0 Å². The maximum atomic E-state index is 14.9. The standard InChI is InChI=1S/C21H19ClF3N3O2S/c1-12-21(11-23)6-5-18(31(21,29)30)20(2,28-12)14-7-13(3-4-15(14)24)8-16(25)17-9-27-19(22)10-26-17/h3-4,7-10,18H,5-6,11H2,1-2H3/b16-8-/t18-,20+,21-/m0/s1. The monoisotopic (exact) mass is 469 g/mol. The van der Waals surface area contributed by atoms with Crippen LogP contribution in [0.5, 0.6) is 0 Å². The zero-order valence-electron chi connectivity index (χ0n) is 16.7. The van der Waals surface area contributed by atoms with Gasteiger partial charge < -0.3 is 0 Å². The molecule has 5 nitrogen and oxygen atoms in total. The minimum absolute atomic E-state index is 0.0125. The number of benzene rings is 1. The van der Waals surface area contributed by atoms with Crippen molar-refractivity contribution in [2.45, 2.75) is 42.2 Å². The lowest BCUT2D eigenvalue weighted by atomic mass is 9.86. The van der Waals surface area contributed by atoms with Gasteiger partial charge in [-0.1, -0.05) is 17.7 Å². The number of rotatable bonds is 4. The summed E-state index contributed by atoms with van der Waals surface area (Å²) in [7, 11) is -3.94. The molecule has 31 heavy (non-hydrogen) atoms. The summed E-state index contributed by atoms with van der Waals surface area (Å²) in [5.74, 6) is -1.39. The number of nitrogens with zero attached hydrogens (tertiary/aromatic N) is 3. The van der Waals surface area contributed by atoms with Crippen LogP contribution in [0.4, 0.5) is 13.2 Å². The van der Waals surface area contributed by atoms with Crippen LogP contribution in [0.1, 0.15) is 43.5 Å². The second-order valence-corrected chi connectivity index (χ2v) is 10.8. The molecule has 0 unspecified atom stereocenters. The minimum atomic E-state index is -3.94. The average molecular weight is 470 g/mol. The van der Waals surface area contributed by atoms with Crippen LogP contribution in [-0.2, 0) is 15.4 Å². The van der Waals surface area contributed by atoms with Gasteiger partial charge in [-0.15, -0.1) is 0 Å². The van der Waals surface area contributed by atoms with Crippen molar-refractivity contribution < 1.29 is 21.6 Å².